The second-order valence-electron chi connectivity index (χ2n) is 5.39. The van der Waals surface area contributed by atoms with E-state index in [1.165, 1.54) is 31.5 Å². The molecule has 0 saturated carbocycles. The molecule has 0 radical (unpaired) electrons. The lowest BCUT2D eigenvalue weighted by molar-refractivity contribution is 0.203. The van der Waals surface area contributed by atoms with E-state index in [1.54, 1.807) is 6.07 Å². The minimum atomic E-state index is -0.772. The van der Waals surface area contributed by atoms with Gasteiger partial charge in [-0.25, -0.2) is 8.78 Å². The SMILES string of the molecule is CC1CN2CCCC2CN1c1ccc(F)c(F)c1. The molecule has 2 fully saturated rings. The number of halogens is 2. The van der Waals surface area contributed by atoms with Gasteiger partial charge in [0.05, 0.1) is 0 Å². The number of rotatable bonds is 1. The molecule has 1 aromatic carbocycles. The molecule has 0 aliphatic carbocycles. The third kappa shape index (κ3) is 1.99. The zero-order valence-electron chi connectivity index (χ0n) is 10.6. The van der Waals surface area contributed by atoms with E-state index >= 15 is 0 Å². The number of piperazine rings is 1. The van der Waals surface area contributed by atoms with Crippen molar-refractivity contribution in [2.75, 3.05) is 24.5 Å². The number of hydrogen-bond acceptors (Lipinski definition) is 2. The van der Waals surface area contributed by atoms with Crippen LogP contribution in [0.15, 0.2) is 18.2 Å². The first kappa shape index (κ1) is 11.9. The molecule has 4 heteroatoms. The van der Waals surface area contributed by atoms with Crippen LogP contribution in [0.5, 0.6) is 0 Å². The van der Waals surface area contributed by atoms with Gasteiger partial charge >= 0.3 is 0 Å². The molecule has 2 atom stereocenters. The third-order valence-corrected chi connectivity index (χ3v) is 4.17. The van der Waals surface area contributed by atoms with E-state index in [9.17, 15) is 8.78 Å². The summed E-state index contributed by atoms with van der Waals surface area (Å²) in [5.74, 6) is -1.53. The zero-order valence-corrected chi connectivity index (χ0v) is 10.6. The Morgan fingerprint density at radius 3 is 2.78 bits per heavy atom. The summed E-state index contributed by atoms with van der Waals surface area (Å²) >= 11 is 0. The standard InChI is InChI=1S/C14H18F2N2/c1-10-8-17-6-2-3-12(17)9-18(10)11-4-5-13(15)14(16)7-11/h4-5,7,10,12H,2-3,6,8-9H2,1H3. The Morgan fingerprint density at radius 2 is 2.00 bits per heavy atom. The smallest absolute Gasteiger partial charge is 0.160 e. The highest BCUT2D eigenvalue weighted by molar-refractivity contribution is 5.48. The molecule has 0 spiro atoms. The first-order valence-electron chi connectivity index (χ1n) is 6.61. The van der Waals surface area contributed by atoms with Crippen molar-refractivity contribution >= 4 is 5.69 Å². The first-order chi connectivity index (χ1) is 8.65. The topological polar surface area (TPSA) is 6.48 Å². The molecule has 2 unspecified atom stereocenters. The summed E-state index contributed by atoms with van der Waals surface area (Å²) in [6.07, 6.45) is 2.47. The minimum Gasteiger partial charge on any atom is -0.366 e. The summed E-state index contributed by atoms with van der Waals surface area (Å²) in [7, 11) is 0. The van der Waals surface area contributed by atoms with Gasteiger partial charge in [-0.3, -0.25) is 4.90 Å². The number of fused-ring (bicyclic) bond motifs is 1. The van der Waals surface area contributed by atoms with Crippen molar-refractivity contribution in [3.05, 3.63) is 29.8 Å². The van der Waals surface area contributed by atoms with Crippen molar-refractivity contribution in [3.8, 4) is 0 Å². The molecule has 18 heavy (non-hydrogen) atoms. The summed E-state index contributed by atoms with van der Waals surface area (Å²) in [5.41, 5.74) is 0.799. The lowest BCUT2D eigenvalue weighted by atomic mass is 10.1. The van der Waals surface area contributed by atoms with E-state index in [1.807, 2.05) is 0 Å². The van der Waals surface area contributed by atoms with Gasteiger partial charge in [0.15, 0.2) is 11.6 Å². The molecule has 2 saturated heterocycles. The zero-order chi connectivity index (χ0) is 12.7. The van der Waals surface area contributed by atoms with Crippen LogP contribution in [0.2, 0.25) is 0 Å². The van der Waals surface area contributed by atoms with E-state index in [4.69, 9.17) is 0 Å². The fourth-order valence-corrected chi connectivity index (χ4v) is 3.21. The van der Waals surface area contributed by atoms with Crippen LogP contribution in [-0.2, 0) is 0 Å². The number of hydrogen-bond donors (Lipinski definition) is 0. The van der Waals surface area contributed by atoms with Crippen LogP contribution in [0.1, 0.15) is 19.8 Å². The minimum absolute atomic E-state index is 0.351. The van der Waals surface area contributed by atoms with Crippen molar-refractivity contribution in [2.45, 2.75) is 31.8 Å². The van der Waals surface area contributed by atoms with Crippen LogP contribution < -0.4 is 4.90 Å². The Kier molecular flexibility index (Phi) is 2.98. The van der Waals surface area contributed by atoms with Crippen LogP contribution in [0.4, 0.5) is 14.5 Å². The van der Waals surface area contributed by atoms with Crippen molar-refractivity contribution < 1.29 is 8.78 Å². The first-order valence-corrected chi connectivity index (χ1v) is 6.61. The van der Waals surface area contributed by atoms with E-state index in [0.29, 0.717) is 12.1 Å². The second kappa shape index (κ2) is 4.50. The average Bonchev–Trinajstić information content (AvgIpc) is 2.79. The predicted octanol–water partition coefficient (Wildman–Crippen LogP) is 2.64. The Bertz CT molecular complexity index is 449. The molecule has 2 heterocycles. The Morgan fingerprint density at radius 1 is 1.17 bits per heavy atom. The fourth-order valence-electron chi connectivity index (χ4n) is 3.21. The molecule has 2 aliphatic rings. The molecular weight excluding hydrogens is 234 g/mol. The van der Waals surface area contributed by atoms with Gasteiger partial charge in [-0.05, 0) is 38.4 Å². The van der Waals surface area contributed by atoms with Crippen molar-refractivity contribution in [2.24, 2.45) is 0 Å². The number of benzene rings is 1. The van der Waals surface area contributed by atoms with E-state index in [-0.39, 0.29) is 0 Å². The third-order valence-electron chi connectivity index (χ3n) is 4.17. The quantitative estimate of drug-likeness (QED) is 0.758. The van der Waals surface area contributed by atoms with Gasteiger partial charge in [-0.1, -0.05) is 0 Å². The molecule has 0 amide bonds. The van der Waals surface area contributed by atoms with Crippen LogP contribution in [0, 0.1) is 11.6 Å². The Labute approximate surface area is 106 Å². The van der Waals surface area contributed by atoms with Crippen LogP contribution in [-0.4, -0.2) is 36.6 Å². The van der Waals surface area contributed by atoms with Gasteiger partial charge in [-0.2, -0.15) is 0 Å². The molecule has 0 bridgehead atoms. The highest BCUT2D eigenvalue weighted by Crippen LogP contribution is 2.29. The van der Waals surface area contributed by atoms with Gasteiger partial charge in [-0.15, -0.1) is 0 Å². The summed E-state index contributed by atoms with van der Waals surface area (Å²) in [4.78, 5) is 4.72. The summed E-state index contributed by atoms with van der Waals surface area (Å²) in [6, 6.07) is 5.15. The van der Waals surface area contributed by atoms with Gasteiger partial charge in [0.1, 0.15) is 0 Å². The monoisotopic (exact) mass is 252 g/mol. The van der Waals surface area contributed by atoms with Crippen molar-refractivity contribution in [1.82, 2.24) is 4.90 Å². The Balaban J connectivity index is 1.84. The van der Waals surface area contributed by atoms with Crippen molar-refractivity contribution in [3.63, 3.8) is 0 Å². The van der Waals surface area contributed by atoms with E-state index in [2.05, 4.69) is 16.7 Å². The van der Waals surface area contributed by atoms with E-state index < -0.39 is 11.6 Å². The maximum absolute atomic E-state index is 13.3. The lowest BCUT2D eigenvalue weighted by Crippen LogP contribution is -2.55. The largest absolute Gasteiger partial charge is 0.366 e. The molecule has 0 N–H and O–H groups in total. The van der Waals surface area contributed by atoms with Crippen molar-refractivity contribution in [1.29, 1.82) is 0 Å². The normalized spacial score (nSPS) is 28.5. The molecule has 0 aromatic heterocycles. The molecule has 3 rings (SSSR count). The van der Waals surface area contributed by atoms with Crippen LogP contribution >= 0.6 is 0 Å². The number of anilines is 1. The highest BCUT2D eigenvalue weighted by atomic mass is 19.2. The van der Waals surface area contributed by atoms with Gasteiger partial charge in [0.2, 0.25) is 0 Å². The summed E-state index contributed by atoms with van der Waals surface area (Å²) in [6.45, 7) is 5.27. The lowest BCUT2D eigenvalue weighted by Gasteiger charge is -2.43. The summed E-state index contributed by atoms with van der Waals surface area (Å²) in [5, 5.41) is 0. The highest BCUT2D eigenvalue weighted by Gasteiger charge is 2.34. The van der Waals surface area contributed by atoms with Gasteiger partial charge in [0, 0.05) is 36.9 Å². The molecule has 1 aromatic rings. The van der Waals surface area contributed by atoms with Crippen LogP contribution in [0.25, 0.3) is 0 Å². The maximum Gasteiger partial charge on any atom is 0.160 e. The maximum atomic E-state index is 13.3. The van der Waals surface area contributed by atoms with Crippen LogP contribution in [0.3, 0.4) is 0 Å². The molecule has 2 aliphatic heterocycles. The summed E-state index contributed by atoms with van der Waals surface area (Å²) < 4.78 is 26.3. The van der Waals surface area contributed by atoms with Gasteiger partial charge < -0.3 is 4.90 Å². The number of nitrogens with zero attached hydrogens (tertiary/aromatic N) is 2. The van der Waals surface area contributed by atoms with E-state index in [0.717, 1.165) is 18.8 Å². The molecule has 98 valence electrons. The molecule has 2 nitrogen and oxygen atoms in total. The fraction of sp³-hybridized carbons (Fsp3) is 0.571. The second-order valence-corrected chi connectivity index (χ2v) is 5.39. The van der Waals surface area contributed by atoms with Gasteiger partial charge in [0.25, 0.3) is 0 Å². The molecular formula is C14H18F2N2. The Hall–Kier alpha value is -1.16. The average molecular weight is 252 g/mol. The predicted molar refractivity (Wildman–Crippen MR) is 67.8 cm³/mol.